The largest absolute Gasteiger partial charge is 0.297 e. The lowest BCUT2D eigenvalue weighted by Crippen LogP contribution is -2.56. The molecule has 0 saturated carbocycles. The smallest absolute Gasteiger partial charge is 0.246 e. The zero-order valence-electron chi connectivity index (χ0n) is 12.9. The molecule has 2 saturated heterocycles. The fraction of sp³-hybridized carbons (Fsp3) is 0.786. The number of fused-ring (bicyclic) bond motifs is 1. The van der Waals surface area contributed by atoms with Gasteiger partial charge in [0.05, 0.1) is 6.20 Å². The predicted molar refractivity (Wildman–Crippen MR) is 80.6 cm³/mol. The Morgan fingerprint density at radius 2 is 2.10 bits per heavy atom. The summed E-state index contributed by atoms with van der Waals surface area (Å²) in [6, 6.07) is 0.570. The maximum Gasteiger partial charge on any atom is 0.246 e. The summed E-state index contributed by atoms with van der Waals surface area (Å²) < 4.78 is 29.1. The highest BCUT2D eigenvalue weighted by molar-refractivity contribution is 7.89. The third kappa shape index (κ3) is 2.62. The number of nitrogens with zero attached hydrogens (tertiary/aromatic N) is 4. The summed E-state index contributed by atoms with van der Waals surface area (Å²) in [5.74, 6) is 0. The summed E-state index contributed by atoms with van der Waals surface area (Å²) in [7, 11) is -3.44. The van der Waals surface area contributed by atoms with Gasteiger partial charge in [0, 0.05) is 37.4 Å². The summed E-state index contributed by atoms with van der Waals surface area (Å²) in [5, 5.41) is 4.17. The fourth-order valence-corrected chi connectivity index (χ4v) is 4.97. The summed E-state index contributed by atoms with van der Waals surface area (Å²) in [5.41, 5.74) is 0. The Balaban J connectivity index is 1.86. The van der Waals surface area contributed by atoms with Crippen molar-refractivity contribution < 1.29 is 8.42 Å². The fourth-order valence-electron chi connectivity index (χ4n) is 3.37. The van der Waals surface area contributed by atoms with E-state index in [0.29, 0.717) is 17.5 Å². The Bertz CT molecular complexity index is 610. The molecule has 0 radical (unpaired) electrons. The molecule has 0 amide bonds. The lowest BCUT2D eigenvalue weighted by Gasteiger charge is -2.41. The number of hydrogen-bond acceptors (Lipinski definition) is 4. The van der Waals surface area contributed by atoms with Crippen LogP contribution in [0, 0.1) is 0 Å². The molecule has 1 aromatic rings. The Kier molecular flexibility index (Phi) is 3.83. The zero-order chi connectivity index (χ0) is 15.2. The second-order valence-electron chi connectivity index (χ2n) is 6.46. The van der Waals surface area contributed by atoms with Gasteiger partial charge >= 0.3 is 0 Å². The van der Waals surface area contributed by atoms with Gasteiger partial charge in [-0.3, -0.25) is 9.58 Å². The van der Waals surface area contributed by atoms with Gasteiger partial charge in [-0.2, -0.15) is 9.40 Å². The van der Waals surface area contributed by atoms with Gasteiger partial charge in [-0.05, 0) is 40.2 Å². The van der Waals surface area contributed by atoms with Crippen molar-refractivity contribution >= 4 is 10.0 Å². The SMILES string of the molecule is CC(C)n1cc(S(=O)(=O)N2C[C@@H]3CCCN3C[C@H]2C)cn1. The molecule has 2 fully saturated rings. The van der Waals surface area contributed by atoms with E-state index in [1.165, 1.54) is 12.6 Å². The number of rotatable bonds is 3. The highest BCUT2D eigenvalue weighted by Crippen LogP contribution is 2.29. The van der Waals surface area contributed by atoms with Crippen molar-refractivity contribution in [2.75, 3.05) is 19.6 Å². The van der Waals surface area contributed by atoms with Crippen LogP contribution in [0.3, 0.4) is 0 Å². The second kappa shape index (κ2) is 5.37. The Hall–Kier alpha value is -0.920. The van der Waals surface area contributed by atoms with Crippen molar-refractivity contribution in [3.8, 4) is 0 Å². The average Bonchev–Trinajstić information content (AvgIpc) is 3.06. The van der Waals surface area contributed by atoms with Crippen molar-refractivity contribution in [2.45, 2.75) is 56.6 Å². The Morgan fingerprint density at radius 3 is 2.76 bits per heavy atom. The van der Waals surface area contributed by atoms with E-state index in [2.05, 4.69) is 10.00 Å². The molecule has 0 bridgehead atoms. The molecule has 2 aliphatic rings. The first-order chi connectivity index (χ1) is 9.89. The minimum absolute atomic E-state index is 0.0201. The molecular formula is C14H24N4O2S. The van der Waals surface area contributed by atoms with Crippen LogP contribution in [0.5, 0.6) is 0 Å². The van der Waals surface area contributed by atoms with Crippen LogP contribution in [0.1, 0.15) is 39.7 Å². The lowest BCUT2D eigenvalue weighted by molar-refractivity contribution is 0.117. The molecule has 6 nitrogen and oxygen atoms in total. The molecular weight excluding hydrogens is 288 g/mol. The van der Waals surface area contributed by atoms with Crippen LogP contribution in [0.25, 0.3) is 0 Å². The first-order valence-corrected chi connectivity index (χ1v) is 9.13. The molecule has 0 unspecified atom stereocenters. The van der Waals surface area contributed by atoms with E-state index < -0.39 is 10.0 Å². The van der Waals surface area contributed by atoms with E-state index in [1.807, 2.05) is 20.8 Å². The quantitative estimate of drug-likeness (QED) is 0.845. The maximum absolute atomic E-state index is 12.9. The van der Waals surface area contributed by atoms with Gasteiger partial charge in [-0.15, -0.1) is 0 Å². The Labute approximate surface area is 126 Å². The van der Waals surface area contributed by atoms with E-state index in [1.54, 1.807) is 15.2 Å². The molecule has 1 aromatic heterocycles. The first-order valence-electron chi connectivity index (χ1n) is 7.69. The van der Waals surface area contributed by atoms with Crippen molar-refractivity contribution in [1.29, 1.82) is 0 Å². The van der Waals surface area contributed by atoms with Gasteiger partial charge in [0.15, 0.2) is 0 Å². The predicted octanol–water partition coefficient (Wildman–Crippen LogP) is 1.32. The minimum Gasteiger partial charge on any atom is -0.297 e. The van der Waals surface area contributed by atoms with Crippen LogP contribution in [-0.2, 0) is 10.0 Å². The summed E-state index contributed by atoms with van der Waals surface area (Å²) in [6.45, 7) is 8.53. The third-order valence-electron chi connectivity index (χ3n) is 4.59. The van der Waals surface area contributed by atoms with Crippen LogP contribution in [0.15, 0.2) is 17.3 Å². The topological polar surface area (TPSA) is 58.4 Å². The second-order valence-corrected chi connectivity index (χ2v) is 8.36. The molecule has 7 heteroatoms. The van der Waals surface area contributed by atoms with Crippen molar-refractivity contribution in [2.24, 2.45) is 0 Å². The van der Waals surface area contributed by atoms with E-state index in [0.717, 1.165) is 19.5 Å². The Morgan fingerprint density at radius 1 is 1.33 bits per heavy atom. The van der Waals surface area contributed by atoms with Crippen LogP contribution in [0.2, 0.25) is 0 Å². The van der Waals surface area contributed by atoms with E-state index in [-0.39, 0.29) is 12.1 Å². The van der Waals surface area contributed by atoms with Crippen LogP contribution >= 0.6 is 0 Å². The first kappa shape index (κ1) is 15.0. The molecule has 118 valence electrons. The number of aromatic nitrogens is 2. The van der Waals surface area contributed by atoms with Gasteiger partial charge in [-0.25, -0.2) is 8.42 Å². The molecule has 3 heterocycles. The molecule has 0 aromatic carbocycles. The summed E-state index contributed by atoms with van der Waals surface area (Å²) >= 11 is 0. The molecule has 2 aliphatic heterocycles. The number of piperazine rings is 1. The highest BCUT2D eigenvalue weighted by atomic mass is 32.2. The highest BCUT2D eigenvalue weighted by Gasteiger charge is 2.40. The van der Waals surface area contributed by atoms with Gasteiger partial charge in [0.1, 0.15) is 4.90 Å². The van der Waals surface area contributed by atoms with Crippen molar-refractivity contribution in [3.05, 3.63) is 12.4 Å². The van der Waals surface area contributed by atoms with Gasteiger partial charge in [0.2, 0.25) is 10.0 Å². The zero-order valence-corrected chi connectivity index (χ0v) is 13.8. The van der Waals surface area contributed by atoms with E-state index >= 15 is 0 Å². The van der Waals surface area contributed by atoms with Gasteiger partial charge in [0.25, 0.3) is 0 Å². The van der Waals surface area contributed by atoms with Crippen molar-refractivity contribution in [3.63, 3.8) is 0 Å². The van der Waals surface area contributed by atoms with Crippen molar-refractivity contribution in [1.82, 2.24) is 19.0 Å². The number of sulfonamides is 1. The molecule has 0 spiro atoms. The van der Waals surface area contributed by atoms with E-state index in [4.69, 9.17) is 0 Å². The summed E-state index contributed by atoms with van der Waals surface area (Å²) in [4.78, 5) is 2.74. The third-order valence-corrected chi connectivity index (χ3v) is 6.53. The average molecular weight is 312 g/mol. The standard InChI is InChI=1S/C14H24N4O2S/c1-11(2)17-10-14(7-15-17)21(19,20)18-9-13-5-4-6-16(13)8-12(18)3/h7,10-13H,4-6,8-9H2,1-3H3/t12-,13+/m1/s1. The summed E-state index contributed by atoms with van der Waals surface area (Å²) in [6.07, 6.45) is 5.40. The van der Waals surface area contributed by atoms with Gasteiger partial charge < -0.3 is 0 Å². The monoisotopic (exact) mass is 312 g/mol. The molecule has 0 aliphatic carbocycles. The molecule has 3 rings (SSSR count). The van der Waals surface area contributed by atoms with Crippen LogP contribution in [0.4, 0.5) is 0 Å². The van der Waals surface area contributed by atoms with Crippen LogP contribution < -0.4 is 0 Å². The minimum atomic E-state index is -3.44. The van der Waals surface area contributed by atoms with Crippen LogP contribution in [-0.4, -0.2) is 59.1 Å². The molecule has 0 N–H and O–H groups in total. The van der Waals surface area contributed by atoms with Gasteiger partial charge in [-0.1, -0.05) is 0 Å². The maximum atomic E-state index is 12.9. The number of hydrogen-bond donors (Lipinski definition) is 0. The molecule has 21 heavy (non-hydrogen) atoms. The van der Waals surface area contributed by atoms with E-state index in [9.17, 15) is 8.42 Å². The lowest BCUT2D eigenvalue weighted by atomic mass is 10.1. The normalized spacial score (nSPS) is 28.2. The molecule has 2 atom stereocenters.